The molecule has 0 spiro atoms. The summed E-state index contributed by atoms with van der Waals surface area (Å²) >= 11 is 0. The van der Waals surface area contributed by atoms with Gasteiger partial charge in [-0.15, -0.1) is 0 Å². The van der Waals surface area contributed by atoms with Crippen molar-refractivity contribution >= 4 is 29.7 Å². The summed E-state index contributed by atoms with van der Waals surface area (Å²) in [6, 6.07) is 3.89. The van der Waals surface area contributed by atoms with E-state index in [2.05, 4.69) is 16.0 Å². The summed E-state index contributed by atoms with van der Waals surface area (Å²) in [5.41, 5.74) is 11.9. The number of hydrogen-bond acceptors (Lipinski definition) is 7. The van der Waals surface area contributed by atoms with E-state index in [4.69, 9.17) is 16.6 Å². The zero-order valence-electron chi connectivity index (χ0n) is 19.0. The number of nitrogens with one attached hydrogen (secondary N) is 3. The van der Waals surface area contributed by atoms with Gasteiger partial charge in [-0.25, -0.2) is 4.79 Å². The van der Waals surface area contributed by atoms with Gasteiger partial charge < -0.3 is 37.6 Å². The summed E-state index contributed by atoms with van der Waals surface area (Å²) in [5.74, 6) is -5.03. The second-order valence-corrected chi connectivity index (χ2v) is 7.87. The molecule has 0 aliphatic carbocycles. The van der Waals surface area contributed by atoms with Crippen molar-refractivity contribution in [2.24, 2.45) is 11.5 Å². The fraction of sp³-hybridized carbons (Fsp3) is 0.500. The fourth-order valence-electron chi connectivity index (χ4n) is 3.03. The highest BCUT2D eigenvalue weighted by Crippen LogP contribution is 2.06. The van der Waals surface area contributed by atoms with Crippen LogP contribution in [0.2, 0.25) is 0 Å². The van der Waals surface area contributed by atoms with Crippen molar-refractivity contribution in [3.63, 3.8) is 0 Å². The number of hydrogen-bond donors (Lipinski definition) is 7. The quantitative estimate of drug-likeness (QED) is 0.149. The summed E-state index contributed by atoms with van der Waals surface area (Å²) in [4.78, 5) is 60.0. The predicted molar refractivity (Wildman–Crippen MR) is 122 cm³/mol. The minimum absolute atomic E-state index is 0.0110. The van der Waals surface area contributed by atoms with Crippen LogP contribution in [-0.4, -0.2) is 70.6 Å². The molecule has 1 aromatic carbocycles. The molecular weight excluding hydrogens is 446 g/mol. The minimum atomic E-state index is -1.68. The van der Waals surface area contributed by atoms with Crippen LogP contribution in [0.25, 0.3) is 0 Å². The van der Waals surface area contributed by atoms with Gasteiger partial charge in [0.1, 0.15) is 18.1 Å². The number of aliphatic carboxylic acids is 2. The van der Waals surface area contributed by atoms with E-state index in [0.717, 1.165) is 0 Å². The molecule has 12 heteroatoms. The summed E-state index contributed by atoms with van der Waals surface area (Å²) in [7, 11) is 0. The van der Waals surface area contributed by atoms with E-state index >= 15 is 0 Å². The minimum Gasteiger partial charge on any atom is -0.481 e. The Morgan fingerprint density at radius 2 is 1.50 bits per heavy atom. The molecule has 0 saturated carbocycles. The van der Waals surface area contributed by atoms with Crippen LogP contribution in [0.4, 0.5) is 0 Å². The SMILES string of the molecule is C[C@H](NC(=O)[C@H](N)CCCCN)C(=O)N[C@@H](Cc1ccccc1)C(=O)N[C@@H](CC(=O)O)C(=O)O. The van der Waals surface area contributed by atoms with Crippen LogP contribution in [-0.2, 0) is 30.4 Å². The Morgan fingerprint density at radius 1 is 0.882 bits per heavy atom. The maximum absolute atomic E-state index is 12.8. The van der Waals surface area contributed by atoms with Gasteiger partial charge in [-0.05, 0) is 31.9 Å². The number of carboxylic acid groups (broad SMARTS) is 2. The van der Waals surface area contributed by atoms with E-state index in [-0.39, 0.29) is 6.42 Å². The number of carbonyl (C=O) groups is 5. The molecule has 0 aliphatic rings. The van der Waals surface area contributed by atoms with E-state index in [1.807, 2.05) is 0 Å². The van der Waals surface area contributed by atoms with Crippen molar-refractivity contribution in [1.82, 2.24) is 16.0 Å². The molecule has 188 valence electrons. The van der Waals surface area contributed by atoms with E-state index < -0.39 is 60.2 Å². The molecule has 0 fully saturated rings. The van der Waals surface area contributed by atoms with Crippen LogP contribution >= 0.6 is 0 Å². The van der Waals surface area contributed by atoms with Crippen molar-refractivity contribution in [2.45, 2.75) is 63.2 Å². The lowest BCUT2D eigenvalue weighted by Gasteiger charge is -2.23. The first-order valence-electron chi connectivity index (χ1n) is 10.9. The van der Waals surface area contributed by atoms with Gasteiger partial charge in [0.15, 0.2) is 0 Å². The number of benzene rings is 1. The molecule has 1 aromatic rings. The second kappa shape index (κ2) is 14.6. The molecule has 12 nitrogen and oxygen atoms in total. The van der Waals surface area contributed by atoms with Gasteiger partial charge in [-0.3, -0.25) is 19.2 Å². The maximum atomic E-state index is 12.8. The lowest BCUT2D eigenvalue weighted by molar-refractivity contribution is -0.147. The lowest BCUT2D eigenvalue weighted by atomic mass is 10.0. The van der Waals surface area contributed by atoms with Crippen molar-refractivity contribution in [3.8, 4) is 0 Å². The molecule has 0 bridgehead atoms. The summed E-state index contributed by atoms with van der Waals surface area (Å²) < 4.78 is 0. The Bertz CT molecular complexity index is 849. The monoisotopic (exact) mass is 479 g/mol. The maximum Gasteiger partial charge on any atom is 0.326 e. The van der Waals surface area contributed by atoms with Crippen LogP contribution in [0.5, 0.6) is 0 Å². The van der Waals surface area contributed by atoms with Gasteiger partial charge in [0.05, 0.1) is 12.5 Å². The fourth-order valence-corrected chi connectivity index (χ4v) is 3.03. The number of amides is 3. The lowest BCUT2D eigenvalue weighted by Crippen LogP contribution is -2.57. The van der Waals surface area contributed by atoms with Gasteiger partial charge in [-0.1, -0.05) is 36.8 Å². The van der Waals surface area contributed by atoms with Crippen LogP contribution in [0.1, 0.15) is 38.2 Å². The summed E-state index contributed by atoms with van der Waals surface area (Å²) in [5, 5.41) is 25.2. The van der Waals surface area contributed by atoms with Crippen molar-refractivity contribution < 1.29 is 34.2 Å². The van der Waals surface area contributed by atoms with Gasteiger partial charge in [0.25, 0.3) is 0 Å². The molecule has 4 atom stereocenters. The van der Waals surface area contributed by atoms with Crippen molar-refractivity contribution in [2.75, 3.05) is 6.54 Å². The highest BCUT2D eigenvalue weighted by molar-refractivity contribution is 5.94. The highest BCUT2D eigenvalue weighted by atomic mass is 16.4. The van der Waals surface area contributed by atoms with E-state index in [1.165, 1.54) is 6.92 Å². The Balaban J connectivity index is 2.88. The molecule has 3 amide bonds. The molecule has 0 radical (unpaired) electrons. The summed E-state index contributed by atoms with van der Waals surface area (Å²) in [6.45, 7) is 1.90. The number of rotatable bonds is 15. The second-order valence-electron chi connectivity index (χ2n) is 7.87. The zero-order chi connectivity index (χ0) is 25.7. The molecular formula is C22H33N5O7. The zero-order valence-corrected chi connectivity index (χ0v) is 19.0. The molecule has 0 unspecified atom stereocenters. The average Bonchev–Trinajstić information content (AvgIpc) is 2.78. The summed E-state index contributed by atoms with van der Waals surface area (Å²) in [6.07, 6.45) is 0.952. The smallest absolute Gasteiger partial charge is 0.326 e. The van der Waals surface area contributed by atoms with E-state index in [9.17, 15) is 29.1 Å². The Kier molecular flexibility index (Phi) is 12.2. The van der Waals surface area contributed by atoms with Crippen molar-refractivity contribution in [1.29, 1.82) is 0 Å². The first kappa shape index (κ1) is 28.5. The van der Waals surface area contributed by atoms with Crippen LogP contribution in [0, 0.1) is 0 Å². The third kappa shape index (κ3) is 10.4. The Hall–Kier alpha value is -3.51. The first-order chi connectivity index (χ1) is 16.0. The molecule has 0 aliphatic heterocycles. The Labute approximate surface area is 197 Å². The molecule has 0 heterocycles. The van der Waals surface area contributed by atoms with E-state index in [0.29, 0.717) is 31.4 Å². The molecule has 9 N–H and O–H groups in total. The molecule has 34 heavy (non-hydrogen) atoms. The van der Waals surface area contributed by atoms with Gasteiger partial charge in [0, 0.05) is 6.42 Å². The number of carbonyl (C=O) groups excluding carboxylic acids is 3. The number of unbranched alkanes of at least 4 members (excludes halogenated alkanes) is 1. The van der Waals surface area contributed by atoms with Crippen LogP contribution < -0.4 is 27.4 Å². The first-order valence-corrected chi connectivity index (χ1v) is 10.9. The molecule has 1 rings (SSSR count). The standard InChI is InChI=1S/C22H33N5O7/c1-13(25-20(31)15(24)9-5-6-10-23)19(30)26-16(11-14-7-3-2-4-8-14)21(32)27-17(22(33)34)12-18(28)29/h2-4,7-8,13,15-17H,5-6,9-12,23-24H2,1H3,(H,25,31)(H,26,30)(H,27,32)(H,28,29)(H,33,34)/t13-,15+,16-,17-/m0/s1. The van der Waals surface area contributed by atoms with Crippen LogP contribution in [0.15, 0.2) is 30.3 Å². The van der Waals surface area contributed by atoms with Gasteiger partial charge in [-0.2, -0.15) is 0 Å². The topological polar surface area (TPSA) is 214 Å². The normalized spacial score (nSPS) is 14.2. The average molecular weight is 480 g/mol. The highest BCUT2D eigenvalue weighted by Gasteiger charge is 2.30. The van der Waals surface area contributed by atoms with Crippen molar-refractivity contribution in [3.05, 3.63) is 35.9 Å². The van der Waals surface area contributed by atoms with Crippen LogP contribution in [0.3, 0.4) is 0 Å². The molecule has 0 aromatic heterocycles. The largest absolute Gasteiger partial charge is 0.481 e. The third-order valence-electron chi connectivity index (χ3n) is 4.97. The number of carboxylic acids is 2. The third-order valence-corrected chi connectivity index (χ3v) is 4.97. The Morgan fingerprint density at radius 3 is 2.06 bits per heavy atom. The number of nitrogens with two attached hydrogens (primary N) is 2. The molecule has 0 saturated heterocycles. The van der Waals surface area contributed by atoms with Gasteiger partial charge >= 0.3 is 11.9 Å². The van der Waals surface area contributed by atoms with Gasteiger partial charge in [0.2, 0.25) is 17.7 Å². The predicted octanol–water partition coefficient (Wildman–Crippen LogP) is -1.28. The van der Waals surface area contributed by atoms with E-state index in [1.54, 1.807) is 30.3 Å².